The maximum atomic E-state index is 13.5. The number of hydrogen-bond acceptors (Lipinski definition) is 7. The summed E-state index contributed by atoms with van der Waals surface area (Å²) in [5, 5.41) is 10.2. The van der Waals surface area contributed by atoms with E-state index in [4.69, 9.17) is 4.74 Å². The van der Waals surface area contributed by atoms with Crippen LogP contribution in [-0.4, -0.2) is 36.1 Å². The molecule has 248 valence electrons. The third-order valence-corrected chi connectivity index (χ3v) is 9.42. The number of methoxy groups -OCH3 is 1. The highest BCUT2D eigenvalue weighted by Crippen LogP contribution is 2.37. The van der Waals surface area contributed by atoms with Crippen molar-refractivity contribution in [2.75, 3.05) is 17.7 Å². The Bertz CT molecular complexity index is 2020. The number of hydrogen-bond donors (Lipinski definition) is 3. The predicted octanol–water partition coefficient (Wildman–Crippen LogP) is 8.35. The Morgan fingerprint density at radius 3 is 2.27 bits per heavy atom. The fourth-order valence-corrected chi connectivity index (χ4v) is 6.77. The van der Waals surface area contributed by atoms with Gasteiger partial charge in [-0.05, 0) is 68.3 Å². The second-order valence-electron chi connectivity index (χ2n) is 11.2. The predicted molar refractivity (Wildman–Crippen MR) is 198 cm³/mol. The van der Waals surface area contributed by atoms with E-state index in [1.807, 2.05) is 79.9 Å². The maximum absolute atomic E-state index is 13.5. The third-order valence-electron chi connectivity index (χ3n) is 7.44. The molecule has 8 nitrogen and oxygen atoms in total. The van der Waals surface area contributed by atoms with Crippen LogP contribution in [0.2, 0.25) is 0 Å². The molecule has 5 rings (SSSR count). The number of anilines is 2. The second-order valence-corrected chi connectivity index (χ2v) is 13.5. The zero-order valence-electron chi connectivity index (χ0n) is 27.4. The molecular weight excluding hydrogens is 655 g/mol. The first-order valence-corrected chi connectivity index (χ1v) is 17.2. The van der Waals surface area contributed by atoms with E-state index in [2.05, 4.69) is 16.0 Å². The van der Waals surface area contributed by atoms with Crippen LogP contribution in [0, 0.1) is 13.8 Å². The number of rotatable bonds is 11. The third kappa shape index (κ3) is 9.13. The molecule has 0 saturated carbocycles. The molecule has 10 heteroatoms. The van der Waals surface area contributed by atoms with E-state index in [1.165, 1.54) is 30.2 Å². The van der Waals surface area contributed by atoms with Gasteiger partial charge in [0.25, 0.3) is 11.8 Å². The molecule has 3 amide bonds. The van der Waals surface area contributed by atoms with E-state index in [0.717, 1.165) is 27.1 Å². The molecule has 49 heavy (non-hydrogen) atoms. The number of aryl methyl sites for hydroxylation is 2. The molecule has 0 spiro atoms. The monoisotopic (exact) mass is 689 g/mol. The minimum atomic E-state index is -0.552. The first kappa shape index (κ1) is 34.9. The summed E-state index contributed by atoms with van der Waals surface area (Å²) in [6.45, 7) is 5.70. The molecule has 0 bridgehead atoms. The number of amides is 3. The Balaban J connectivity index is 1.30. The van der Waals surface area contributed by atoms with Crippen molar-refractivity contribution in [3.05, 3.63) is 142 Å². The zero-order valence-corrected chi connectivity index (χ0v) is 29.0. The minimum absolute atomic E-state index is 0.0765. The number of ether oxygens (including phenoxy) is 1. The number of carbonyl (C=O) groups excluding carboxylic acids is 4. The molecule has 0 aliphatic carbocycles. The summed E-state index contributed by atoms with van der Waals surface area (Å²) in [5.74, 6) is -1.75. The van der Waals surface area contributed by atoms with Crippen LogP contribution in [0.25, 0.3) is 17.2 Å². The lowest BCUT2D eigenvalue weighted by molar-refractivity contribution is -0.115. The van der Waals surface area contributed by atoms with E-state index in [9.17, 15) is 19.2 Å². The quantitative estimate of drug-likeness (QED) is 0.0730. The van der Waals surface area contributed by atoms with Crippen LogP contribution in [-0.2, 0) is 14.3 Å². The second kappa shape index (κ2) is 16.1. The molecule has 1 unspecified atom stereocenters. The largest absolute Gasteiger partial charge is 0.465 e. The smallest absolute Gasteiger partial charge is 0.341 e. The lowest BCUT2D eigenvalue weighted by Crippen LogP contribution is -2.30. The van der Waals surface area contributed by atoms with Crippen molar-refractivity contribution in [3.8, 4) is 11.1 Å². The average molecular weight is 690 g/mol. The number of thioether (sulfide) groups is 1. The lowest BCUT2D eigenvalue weighted by atomic mass is 10.0. The van der Waals surface area contributed by atoms with Crippen LogP contribution in [0.4, 0.5) is 10.7 Å². The van der Waals surface area contributed by atoms with Crippen molar-refractivity contribution in [2.45, 2.75) is 30.9 Å². The standard InChI is InChI=1S/C39H35N3O5S2/c1-24-16-18-28(19-17-24)32-23-48-38(34(32)39(46)47-4)42-35(43)26(3)49-31-15-9-14-30(22-31)40-37(45)33(21-27-11-8-10-25(2)20-27)41-36(44)29-12-6-5-7-13-29/h5-23,26H,1-4H3,(H,40,45)(H,41,44)(H,42,43)/b33-21+. The summed E-state index contributed by atoms with van der Waals surface area (Å²) < 4.78 is 5.05. The molecule has 1 aromatic heterocycles. The average Bonchev–Trinajstić information content (AvgIpc) is 3.51. The Kier molecular flexibility index (Phi) is 11.5. The topological polar surface area (TPSA) is 114 Å². The number of thiophene rings is 1. The number of esters is 1. The summed E-state index contributed by atoms with van der Waals surface area (Å²) in [5.41, 5.74) is 5.69. The van der Waals surface area contributed by atoms with Crippen LogP contribution in [0.3, 0.4) is 0 Å². The van der Waals surface area contributed by atoms with Gasteiger partial charge in [0.15, 0.2) is 0 Å². The van der Waals surface area contributed by atoms with E-state index in [0.29, 0.717) is 27.4 Å². The van der Waals surface area contributed by atoms with Gasteiger partial charge in [0.2, 0.25) is 5.91 Å². The van der Waals surface area contributed by atoms with Gasteiger partial charge in [-0.2, -0.15) is 0 Å². The molecule has 1 atom stereocenters. The van der Waals surface area contributed by atoms with E-state index < -0.39 is 23.0 Å². The first-order chi connectivity index (χ1) is 23.6. The summed E-state index contributed by atoms with van der Waals surface area (Å²) in [7, 11) is 1.31. The molecule has 5 aromatic rings. The molecule has 1 heterocycles. The summed E-state index contributed by atoms with van der Waals surface area (Å²) in [4.78, 5) is 53.4. The van der Waals surface area contributed by atoms with Gasteiger partial charge in [0, 0.05) is 27.1 Å². The molecule has 0 aliphatic heterocycles. The Morgan fingerprint density at radius 2 is 1.55 bits per heavy atom. The van der Waals surface area contributed by atoms with Gasteiger partial charge >= 0.3 is 5.97 Å². The molecule has 3 N–H and O–H groups in total. The fourth-order valence-electron chi connectivity index (χ4n) is 4.89. The Hall–Kier alpha value is -5.45. The molecule has 0 radical (unpaired) electrons. The van der Waals surface area contributed by atoms with Crippen LogP contribution in [0.5, 0.6) is 0 Å². The van der Waals surface area contributed by atoms with Gasteiger partial charge in [-0.25, -0.2) is 4.79 Å². The van der Waals surface area contributed by atoms with Crippen molar-refractivity contribution >= 4 is 63.6 Å². The summed E-state index contributed by atoms with van der Waals surface area (Å²) >= 11 is 2.56. The zero-order chi connectivity index (χ0) is 34.9. The van der Waals surface area contributed by atoms with E-state index in [-0.39, 0.29) is 11.6 Å². The van der Waals surface area contributed by atoms with Gasteiger partial charge < -0.3 is 20.7 Å². The molecule has 0 fully saturated rings. The fraction of sp³-hybridized carbons (Fsp3) is 0.128. The van der Waals surface area contributed by atoms with Crippen LogP contribution >= 0.6 is 23.1 Å². The van der Waals surface area contributed by atoms with Gasteiger partial charge in [0.1, 0.15) is 16.3 Å². The van der Waals surface area contributed by atoms with Gasteiger partial charge in [-0.1, -0.05) is 83.9 Å². The molecule has 0 saturated heterocycles. The van der Waals surface area contributed by atoms with Crippen molar-refractivity contribution in [2.24, 2.45) is 0 Å². The highest BCUT2D eigenvalue weighted by atomic mass is 32.2. The lowest BCUT2D eigenvalue weighted by Gasteiger charge is -2.14. The van der Waals surface area contributed by atoms with Crippen molar-refractivity contribution in [3.63, 3.8) is 0 Å². The maximum Gasteiger partial charge on any atom is 0.341 e. The molecule has 4 aromatic carbocycles. The normalized spacial score (nSPS) is 11.7. The van der Waals surface area contributed by atoms with Crippen molar-refractivity contribution in [1.29, 1.82) is 0 Å². The van der Waals surface area contributed by atoms with Gasteiger partial charge in [0.05, 0.1) is 12.4 Å². The van der Waals surface area contributed by atoms with Gasteiger partial charge in [-0.15, -0.1) is 23.1 Å². The Morgan fingerprint density at radius 1 is 0.816 bits per heavy atom. The van der Waals surface area contributed by atoms with Crippen molar-refractivity contribution in [1.82, 2.24) is 5.32 Å². The number of benzene rings is 4. The van der Waals surface area contributed by atoms with Crippen LogP contribution < -0.4 is 16.0 Å². The summed E-state index contributed by atoms with van der Waals surface area (Å²) in [6, 6.07) is 31.2. The molecule has 0 aliphatic rings. The van der Waals surface area contributed by atoms with Gasteiger partial charge in [-0.3, -0.25) is 14.4 Å². The highest BCUT2D eigenvalue weighted by Gasteiger charge is 2.24. The van der Waals surface area contributed by atoms with Crippen LogP contribution in [0.1, 0.15) is 44.3 Å². The van der Waals surface area contributed by atoms with E-state index >= 15 is 0 Å². The number of nitrogens with one attached hydrogen (secondary N) is 3. The van der Waals surface area contributed by atoms with Crippen molar-refractivity contribution < 1.29 is 23.9 Å². The first-order valence-electron chi connectivity index (χ1n) is 15.4. The van der Waals surface area contributed by atoms with Crippen LogP contribution in [0.15, 0.2) is 119 Å². The van der Waals surface area contributed by atoms with E-state index in [1.54, 1.807) is 55.5 Å². The minimum Gasteiger partial charge on any atom is -0.465 e. The highest BCUT2D eigenvalue weighted by molar-refractivity contribution is 8.00. The number of carbonyl (C=O) groups is 4. The SMILES string of the molecule is COC(=O)c1c(-c2ccc(C)cc2)csc1NC(=O)C(C)Sc1cccc(NC(=O)/C(=C\c2cccc(C)c2)NC(=O)c2ccccc2)c1. The Labute approximate surface area is 293 Å². The summed E-state index contributed by atoms with van der Waals surface area (Å²) in [6.07, 6.45) is 1.63. The molecular formula is C39H35N3O5S2.